The van der Waals surface area contributed by atoms with E-state index in [1.807, 2.05) is 6.92 Å². The second kappa shape index (κ2) is 6.43. The van der Waals surface area contributed by atoms with Crippen molar-refractivity contribution < 1.29 is 9.90 Å². The first-order valence-corrected chi connectivity index (χ1v) is 8.14. The normalized spacial score (nSPS) is 10.9. The Labute approximate surface area is 153 Å². The maximum atomic E-state index is 12.8. The van der Waals surface area contributed by atoms with Gasteiger partial charge < -0.3 is 10.4 Å². The Morgan fingerprint density at radius 1 is 1.12 bits per heavy atom. The van der Waals surface area contributed by atoms with Gasteiger partial charge in [0, 0.05) is 22.8 Å². The third kappa shape index (κ3) is 3.08. The molecule has 1 amide bonds. The van der Waals surface area contributed by atoms with Crippen molar-refractivity contribution in [3.8, 4) is 5.88 Å². The van der Waals surface area contributed by atoms with E-state index in [0.29, 0.717) is 21.5 Å². The maximum absolute atomic E-state index is 12.8. The Hall–Kier alpha value is -2.50. The Morgan fingerprint density at radius 2 is 1.84 bits per heavy atom. The molecule has 3 aromatic rings. The molecule has 0 spiro atoms. The van der Waals surface area contributed by atoms with Crippen LogP contribution in [0.5, 0.6) is 5.88 Å². The zero-order chi connectivity index (χ0) is 18.3. The SMILES string of the molecule is Cc1ccc2c(=O)n(C)c(O)c(C(=O)Nc3ccc(Cl)cc3Cl)c2c1. The van der Waals surface area contributed by atoms with Crippen molar-refractivity contribution in [3.05, 3.63) is 67.9 Å². The van der Waals surface area contributed by atoms with Crippen molar-refractivity contribution in [2.24, 2.45) is 7.05 Å². The molecule has 0 aliphatic rings. The maximum Gasteiger partial charge on any atom is 0.261 e. The van der Waals surface area contributed by atoms with Crippen LogP contribution in [0.2, 0.25) is 10.0 Å². The molecular formula is C18H14Cl2N2O3. The van der Waals surface area contributed by atoms with Crippen molar-refractivity contribution >= 4 is 45.6 Å². The molecule has 2 aromatic carbocycles. The number of aromatic hydroxyl groups is 1. The molecule has 0 fully saturated rings. The number of pyridine rings is 1. The lowest BCUT2D eigenvalue weighted by molar-refractivity contribution is 0.102. The summed E-state index contributed by atoms with van der Waals surface area (Å²) in [5.74, 6) is -0.987. The number of nitrogens with zero attached hydrogens (tertiary/aromatic N) is 1. The number of rotatable bonds is 2. The van der Waals surface area contributed by atoms with E-state index in [1.54, 1.807) is 30.3 Å². The average Bonchev–Trinajstić information content (AvgIpc) is 2.55. The number of hydrogen-bond acceptors (Lipinski definition) is 3. The smallest absolute Gasteiger partial charge is 0.261 e. The predicted octanol–water partition coefficient (Wildman–Crippen LogP) is 4.11. The van der Waals surface area contributed by atoms with Crippen LogP contribution in [0.15, 0.2) is 41.2 Å². The molecule has 3 rings (SSSR count). The van der Waals surface area contributed by atoms with E-state index in [1.165, 1.54) is 13.1 Å². The molecular weight excluding hydrogens is 363 g/mol. The second-order valence-electron chi connectivity index (χ2n) is 5.69. The van der Waals surface area contributed by atoms with Crippen LogP contribution < -0.4 is 10.9 Å². The third-order valence-electron chi connectivity index (χ3n) is 3.93. The molecule has 128 valence electrons. The van der Waals surface area contributed by atoms with Crippen molar-refractivity contribution in [3.63, 3.8) is 0 Å². The molecule has 0 aliphatic heterocycles. The monoisotopic (exact) mass is 376 g/mol. The highest BCUT2D eigenvalue weighted by atomic mass is 35.5. The van der Waals surface area contributed by atoms with Crippen LogP contribution in [0.4, 0.5) is 5.69 Å². The zero-order valence-electron chi connectivity index (χ0n) is 13.4. The van der Waals surface area contributed by atoms with Crippen molar-refractivity contribution in [1.82, 2.24) is 4.57 Å². The molecule has 7 heteroatoms. The van der Waals surface area contributed by atoms with E-state index in [0.717, 1.165) is 10.1 Å². The summed E-state index contributed by atoms with van der Waals surface area (Å²) < 4.78 is 1.04. The molecule has 1 heterocycles. The molecule has 0 bridgehead atoms. The molecule has 25 heavy (non-hydrogen) atoms. The molecule has 0 atom stereocenters. The molecule has 5 nitrogen and oxygen atoms in total. The van der Waals surface area contributed by atoms with E-state index < -0.39 is 11.8 Å². The van der Waals surface area contributed by atoms with E-state index in [4.69, 9.17) is 23.2 Å². The van der Waals surface area contributed by atoms with Crippen molar-refractivity contribution in [1.29, 1.82) is 0 Å². The highest BCUT2D eigenvalue weighted by Crippen LogP contribution is 2.29. The van der Waals surface area contributed by atoms with Gasteiger partial charge in [0.1, 0.15) is 5.56 Å². The number of benzene rings is 2. The van der Waals surface area contributed by atoms with E-state index in [-0.39, 0.29) is 16.1 Å². The number of hydrogen-bond donors (Lipinski definition) is 2. The highest BCUT2D eigenvalue weighted by Gasteiger charge is 2.21. The minimum Gasteiger partial charge on any atom is -0.494 e. The summed E-state index contributed by atoms with van der Waals surface area (Å²) in [6.07, 6.45) is 0. The number of carbonyl (C=O) groups is 1. The summed E-state index contributed by atoms with van der Waals surface area (Å²) in [5, 5.41) is 14.5. The summed E-state index contributed by atoms with van der Waals surface area (Å²) in [5.41, 5.74) is 0.837. The summed E-state index contributed by atoms with van der Waals surface area (Å²) >= 11 is 11.9. The van der Waals surface area contributed by atoms with Crippen LogP contribution in [-0.4, -0.2) is 15.6 Å². The average molecular weight is 377 g/mol. The second-order valence-corrected chi connectivity index (χ2v) is 6.53. The number of amides is 1. The van der Waals surface area contributed by atoms with Gasteiger partial charge in [0.05, 0.1) is 10.7 Å². The minimum absolute atomic E-state index is 0.00631. The van der Waals surface area contributed by atoms with Gasteiger partial charge in [0.15, 0.2) is 0 Å². The number of nitrogens with one attached hydrogen (secondary N) is 1. The van der Waals surface area contributed by atoms with Gasteiger partial charge in [-0.15, -0.1) is 0 Å². The lowest BCUT2D eigenvalue weighted by atomic mass is 10.0. The van der Waals surface area contributed by atoms with Crippen LogP contribution in [0.25, 0.3) is 10.8 Å². The topological polar surface area (TPSA) is 71.3 Å². The number of anilines is 1. The molecule has 0 saturated heterocycles. The Balaban J connectivity index is 2.19. The summed E-state index contributed by atoms with van der Waals surface area (Å²) in [4.78, 5) is 25.1. The first-order chi connectivity index (χ1) is 11.8. The molecule has 0 saturated carbocycles. The largest absolute Gasteiger partial charge is 0.494 e. The molecule has 1 aromatic heterocycles. The van der Waals surface area contributed by atoms with Crippen molar-refractivity contribution in [2.75, 3.05) is 5.32 Å². The quantitative estimate of drug-likeness (QED) is 0.706. The number of aromatic nitrogens is 1. The van der Waals surface area contributed by atoms with Crippen LogP contribution in [-0.2, 0) is 7.05 Å². The van der Waals surface area contributed by atoms with Gasteiger partial charge >= 0.3 is 0 Å². The number of halogens is 2. The third-order valence-corrected chi connectivity index (χ3v) is 4.47. The van der Waals surface area contributed by atoms with Crippen LogP contribution >= 0.6 is 23.2 Å². The van der Waals surface area contributed by atoms with E-state index >= 15 is 0 Å². The fourth-order valence-electron chi connectivity index (χ4n) is 2.62. The number of carbonyl (C=O) groups excluding carboxylic acids is 1. The summed E-state index contributed by atoms with van der Waals surface area (Å²) in [6.45, 7) is 1.84. The van der Waals surface area contributed by atoms with E-state index in [9.17, 15) is 14.7 Å². The fraction of sp³-hybridized carbons (Fsp3) is 0.111. The van der Waals surface area contributed by atoms with E-state index in [2.05, 4.69) is 5.32 Å². The molecule has 0 radical (unpaired) electrons. The minimum atomic E-state index is -0.576. The molecule has 0 unspecified atom stereocenters. The summed E-state index contributed by atoms with van der Waals surface area (Å²) in [7, 11) is 1.41. The van der Waals surface area contributed by atoms with Gasteiger partial charge in [-0.3, -0.25) is 14.2 Å². The Kier molecular flexibility index (Phi) is 4.45. The number of aryl methyl sites for hydroxylation is 1. The van der Waals surface area contributed by atoms with Crippen LogP contribution in [0, 0.1) is 6.92 Å². The standard InChI is InChI=1S/C18H14Cl2N2O3/c1-9-3-5-11-12(7-9)15(18(25)22(2)17(11)24)16(23)21-14-6-4-10(19)8-13(14)20/h3-8,25H,1-2H3,(H,21,23). The van der Waals surface area contributed by atoms with Gasteiger partial charge in [0.25, 0.3) is 11.5 Å². The van der Waals surface area contributed by atoms with Crippen LogP contribution in [0.3, 0.4) is 0 Å². The van der Waals surface area contributed by atoms with Gasteiger partial charge in [-0.1, -0.05) is 40.9 Å². The highest BCUT2D eigenvalue weighted by molar-refractivity contribution is 6.37. The van der Waals surface area contributed by atoms with Gasteiger partial charge in [-0.25, -0.2) is 0 Å². The van der Waals surface area contributed by atoms with Crippen molar-refractivity contribution in [2.45, 2.75) is 6.92 Å². The molecule has 0 aliphatic carbocycles. The first kappa shape index (κ1) is 17.3. The zero-order valence-corrected chi connectivity index (χ0v) is 14.9. The predicted molar refractivity (Wildman–Crippen MR) is 100 cm³/mol. The summed E-state index contributed by atoms with van der Waals surface area (Å²) in [6, 6.07) is 9.76. The van der Waals surface area contributed by atoms with Gasteiger partial charge in [-0.05, 0) is 31.2 Å². The lowest BCUT2D eigenvalue weighted by Gasteiger charge is -2.14. The van der Waals surface area contributed by atoms with Crippen LogP contribution in [0.1, 0.15) is 15.9 Å². The lowest BCUT2D eigenvalue weighted by Crippen LogP contribution is -2.22. The Bertz CT molecular complexity index is 1070. The Morgan fingerprint density at radius 3 is 2.52 bits per heavy atom. The first-order valence-electron chi connectivity index (χ1n) is 7.38. The van der Waals surface area contributed by atoms with Gasteiger partial charge in [0.2, 0.25) is 5.88 Å². The number of fused-ring (bicyclic) bond motifs is 1. The molecule has 2 N–H and O–H groups in total. The fourth-order valence-corrected chi connectivity index (χ4v) is 3.07. The van der Waals surface area contributed by atoms with Gasteiger partial charge in [-0.2, -0.15) is 0 Å².